The van der Waals surface area contributed by atoms with Gasteiger partial charge in [0.25, 0.3) is 0 Å². The number of primary amides is 1. The zero-order valence-electron chi connectivity index (χ0n) is 19.7. The molecule has 0 aliphatic rings. The third kappa shape index (κ3) is 5.21. The van der Waals surface area contributed by atoms with Crippen LogP contribution in [-0.2, 0) is 6.61 Å². The van der Waals surface area contributed by atoms with Crippen LogP contribution in [-0.4, -0.2) is 22.0 Å². The lowest BCUT2D eigenvalue weighted by molar-refractivity contribution is 0.0697. The molecule has 5 aromatic rings. The van der Waals surface area contributed by atoms with Crippen molar-refractivity contribution in [1.29, 1.82) is 0 Å². The maximum Gasteiger partial charge on any atom is 0.336 e. The number of amides is 1. The standard InChI is InChI=1S/C31H22N2O4/c32-30(34)24-12-14-26(15-13-24)37-19-21-6-4-20(5-7-21)8-9-23-2-1-3-27(31(35)36)29(23)25-11-10-22-16-17-33-28(22)18-25/h1-7,10-18,33H,19H2,(H2,32,34)(H,35,36). The van der Waals surface area contributed by atoms with Gasteiger partial charge >= 0.3 is 5.97 Å². The minimum absolute atomic E-state index is 0.203. The predicted molar refractivity (Wildman–Crippen MR) is 142 cm³/mol. The second-order valence-electron chi connectivity index (χ2n) is 8.44. The maximum atomic E-state index is 12.0. The first kappa shape index (κ1) is 23.5. The van der Waals surface area contributed by atoms with Gasteiger partial charge in [0.05, 0.1) is 5.56 Å². The van der Waals surface area contributed by atoms with Crippen molar-refractivity contribution in [2.45, 2.75) is 6.61 Å². The summed E-state index contributed by atoms with van der Waals surface area (Å²) in [4.78, 5) is 26.4. The normalized spacial score (nSPS) is 10.5. The van der Waals surface area contributed by atoms with Crippen molar-refractivity contribution < 1.29 is 19.4 Å². The predicted octanol–water partition coefficient (Wildman–Crippen LogP) is 5.61. The lowest BCUT2D eigenvalue weighted by Gasteiger charge is -2.10. The molecule has 37 heavy (non-hydrogen) atoms. The summed E-state index contributed by atoms with van der Waals surface area (Å²) in [5.74, 6) is 5.47. The summed E-state index contributed by atoms with van der Waals surface area (Å²) in [6.07, 6.45) is 1.85. The number of nitrogens with two attached hydrogens (primary N) is 1. The van der Waals surface area contributed by atoms with Gasteiger partial charge in [0.1, 0.15) is 12.4 Å². The van der Waals surface area contributed by atoms with Gasteiger partial charge in [-0.1, -0.05) is 42.2 Å². The van der Waals surface area contributed by atoms with Crippen LogP contribution >= 0.6 is 0 Å². The molecule has 0 aliphatic heterocycles. The van der Waals surface area contributed by atoms with E-state index in [4.69, 9.17) is 10.5 Å². The summed E-state index contributed by atoms with van der Waals surface area (Å²) in [6.45, 7) is 0.357. The number of carboxylic acids is 1. The number of aromatic nitrogens is 1. The molecule has 6 heteroatoms. The average molecular weight is 487 g/mol. The molecule has 180 valence electrons. The Bertz CT molecular complexity index is 1670. The Hall–Kier alpha value is -5.28. The van der Waals surface area contributed by atoms with Gasteiger partial charge < -0.3 is 20.6 Å². The van der Waals surface area contributed by atoms with E-state index in [1.807, 2.05) is 60.8 Å². The van der Waals surface area contributed by atoms with Crippen molar-refractivity contribution >= 4 is 22.8 Å². The topological polar surface area (TPSA) is 105 Å². The van der Waals surface area contributed by atoms with Crippen molar-refractivity contribution in [3.05, 3.63) is 125 Å². The van der Waals surface area contributed by atoms with Crippen molar-refractivity contribution in [2.75, 3.05) is 0 Å². The number of carbonyl (C=O) groups excluding carboxylic acids is 1. The number of fused-ring (bicyclic) bond motifs is 1. The summed E-state index contributed by atoms with van der Waals surface area (Å²) in [6, 6.07) is 27.2. The van der Waals surface area contributed by atoms with Gasteiger partial charge in [0, 0.05) is 34.0 Å². The zero-order valence-corrected chi connectivity index (χ0v) is 19.7. The molecule has 0 bridgehead atoms. The van der Waals surface area contributed by atoms with Gasteiger partial charge in [0.2, 0.25) is 5.91 Å². The molecule has 0 saturated heterocycles. The molecule has 1 amide bonds. The number of hydrogen-bond acceptors (Lipinski definition) is 3. The summed E-state index contributed by atoms with van der Waals surface area (Å²) >= 11 is 0. The molecule has 6 nitrogen and oxygen atoms in total. The number of aromatic carboxylic acids is 1. The van der Waals surface area contributed by atoms with E-state index in [2.05, 4.69) is 16.8 Å². The Morgan fingerprint density at radius 3 is 2.41 bits per heavy atom. The van der Waals surface area contributed by atoms with Crippen LogP contribution in [0.1, 0.15) is 37.4 Å². The molecule has 0 saturated carbocycles. The van der Waals surface area contributed by atoms with Crippen molar-refractivity contribution in [2.24, 2.45) is 5.73 Å². The van der Waals surface area contributed by atoms with E-state index in [1.54, 1.807) is 36.4 Å². The number of H-pyrrole nitrogens is 1. The molecule has 0 aliphatic carbocycles. The number of hydrogen-bond donors (Lipinski definition) is 3. The minimum Gasteiger partial charge on any atom is -0.489 e. The molecule has 0 fully saturated rings. The first-order valence-electron chi connectivity index (χ1n) is 11.6. The van der Waals surface area contributed by atoms with Crippen LogP contribution in [0.2, 0.25) is 0 Å². The third-order valence-corrected chi connectivity index (χ3v) is 5.98. The van der Waals surface area contributed by atoms with Crippen LogP contribution in [0.3, 0.4) is 0 Å². The van der Waals surface area contributed by atoms with Crippen LogP contribution in [0.15, 0.2) is 97.2 Å². The highest BCUT2D eigenvalue weighted by atomic mass is 16.5. The largest absolute Gasteiger partial charge is 0.489 e. The molecule has 4 N–H and O–H groups in total. The number of ether oxygens (including phenoxy) is 1. The molecular weight excluding hydrogens is 464 g/mol. The molecule has 0 radical (unpaired) electrons. The van der Waals surface area contributed by atoms with E-state index < -0.39 is 11.9 Å². The van der Waals surface area contributed by atoms with E-state index in [-0.39, 0.29) is 5.56 Å². The van der Waals surface area contributed by atoms with Gasteiger partial charge in [-0.05, 0) is 77.2 Å². The van der Waals surface area contributed by atoms with E-state index in [1.165, 1.54) is 0 Å². The molecular formula is C31H22N2O4. The smallest absolute Gasteiger partial charge is 0.336 e. The molecule has 1 aromatic heterocycles. The van der Waals surface area contributed by atoms with Gasteiger partial charge in [-0.15, -0.1) is 0 Å². The van der Waals surface area contributed by atoms with Crippen molar-refractivity contribution in [1.82, 2.24) is 4.98 Å². The minimum atomic E-state index is -1.00. The van der Waals surface area contributed by atoms with Crippen LogP contribution in [0.4, 0.5) is 0 Å². The summed E-state index contributed by atoms with van der Waals surface area (Å²) in [7, 11) is 0. The van der Waals surface area contributed by atoms with Gasteiger partial charge in [-0.3, -0.25) is 4.79 Å². The number of benzene rings is 4. The lowest BCUT2D eigenvalue weighted by Crippen LogP contribution is -2.10. The van der Waals surface area contributed by atoms with Crippen LogP contribution in [0.5, 0.6) is 5.75 Å². The Kier molecular flexibility index (Phi) is 6.43. The Balaban J connectivity index is 1.37. The molecule has 0 spiro atoms. The van der Waals surface area contributed by atoms with E-state index in [0.717, 1.165) is 27.6 Å². The summed E-state index contributed by atoms with van der Waals surface area (Å²) in [5, 5.41) is 10.9. The Morgan fingerprint density at radius 2 is 1.68 bits per heavy atom. The fraction of sp³-hybridized carbons (Fsp3) is 0.0323. The lowest BCUT2D eigenvalue weighted by atomic mass is 9.93. The number of carbonyl (C=O) groups is 2. The summed E-state index contributed by atoms with van der Waals surface area (Å²) in [5.41, 5.74) is 10.6. The highest BCUT2D eigenvalue weighted by molar-refractivity contribution is 5.99. The highest BCUT2D eigenvalue weighted by Gasteiger charge is 2.15. The molecule has 1 heterocycles. The average Bonchev–Trinajstić information content (AvgIpc) is 3.39. The van der Waals surface area contributed by atoms with Crippen LogP contribution < -0.4 is 10.5 Å². The Morgan fingerprint density at radius 1 is 0.892 bits per heavy atom. The fourth-order valence-corrected chi connectivity index (χ4v) is 4.05. The SMILES string of the molecule is NC(=O)c1ccc(OCc2ccc(C#Cc3cccc(C(=O)O)c3-c3ccc4cc[nH]c4c3)cc2)cc1. The van der Waals surface area contributed by atoms with Crippen LogP contribution in [0.25, 0.3) is 22.0 Å². The van der Waals surface area contributed by atoms with E-state index >= 15 is 0 Å². The van der Waals surface area contributed by atoms with Crippen molar-refractivity contribution in [3.63, 3.8) is 0 Å². The zero-order chi connectivity index (χ0) is 25.8. The number of carboxylic acid groups (broad SMARTS) is 1. The fourth-order valence-electron chi connectivity index (χ4n) is 4.05. The maximum absolute atomic E-state index is 12.0. The van der Waals surface area contributed by atoms with E-state index in [9.17, 15) is 14.7 Å². The second kappa shape index (κ2) is 10.1. The molecule has 4 aromatic carbocycles. The highest BCUT2D eigenvalue weighted by Crippen LogP contribution is 2.30. The number of rotatable bonds is 6. The molecule has 0 unspecified atom stereocenters. The van der Waals surface area contributed by atoms with Gasteiger partial charge in [0.15, 0.2) is 0 Å². The van der Waals surface area contributed by atoms with E-state index in [0.29, 0.717) is 29.0 Å². The van der Waals surface area contributed by atoms with Crippen molar-refractivity contribution in [3.8, 4) is 28.7 Å². The van der Waals surface area contributed by atoms with Crippen LogP contribution in [0, 0.1) is 11.8 Å². The molecule has 5 rings (SSSR count). The Labute approximate surface area is 213 Å². The first-order valence-corrected chi connectivity index (χ1v) is 11.6. The quantitative estimate of drug-likeness (QED) is 0.271. The van der Waals surface area contributed by atoms with Gasteiger partial charge in [-0.25, -0.2) is 4.79 Å². The van der Waals surface area contributed by atoms with Gasteiger partial charge in [-0.2, -0.15) is 0 Å². The molecule has 0 atom stereocenters. The number of aromatic amines is 1. The first-order chi connectivity index (χ1) is 18.0. The summed E-state index contributed by atoms with van der Waals surface area (Å²) < 4.78 is 5.77. The number of nitrogens with one attached hydrogen (secondary N) is 1. The third-order valence-electron chi connectivity index (χ3n) is 5.98. The second-order valence-corrected chi connectivity index (χ2v) is 8.44. The monoisotopic (exact) mass is 486 g/mol.